The Morgan fingerprint density at radius 3 is 2.04 bits per heavy atom. The predicted molar refractivity (Wildman–Crippen MR) is 212 cm³/mol. The summed E-state index contributed by atoms with van der Waals surface area (Å²) in [4.78, 5) is 16.7. The van der Waals surface area contributed by atoms with Crippen molar-refractivity contribution in [3.05, 3.63) is 101 Å². The molecule has 1 radical (unpaired) electrons. The number of hydrogen-bond donors (Lipinski definition) is 1. The molecule has 4 nitrogen and oxygen atoms in total. The van der Waals surface area contributed by atoms with E-state index in [2.05, 4.69) is 108 Å². The summed E-state index contributed by atoms with van der Waals surface area (Å²) in [6, 6.07) is 27.1. The van der Waals surface area contributed by atoms with E-state index in [0.717, 1.165) is 45.4 Å². The number of pyridine rings is 1. The van der Waals surface area contributed by atoms with Crippen molar-refractivity contribution >= 4 is 27.5 Å². The summed E-state index contributed by atoms with van der Waals surface area (Å²) in [5.74, 6) is -2.22. The second-order valence-electron chi connectivity index (χ2n) is 16.2. The van der Waals surface area contributed by atoms with Crippen LogP contribution in [0.25, 0.3) is 44.3 Å². The first-order valence-corrected chi connectivity index (χ1v) is 18.8. The molecule has 0 aliphatic carbocycles. The molecule has 0 aliphatic heterocycles. The van der Waals surface area contributed by atoms with Gasteiger partial charge in [-0.2, -0.15) is 13.2 Å². The van der Waals surface area contributed by atoms with E-state index >= 15 is 0 Å². The van der Waals surface area contributed by atoms with Crippen LogP contribution in [-0.2, 0) is 36.7 Å². The third-order valence-electron chi connectivity index (χ3n) is 9.74. The Labute approximate surface area is 333 Å². The van der Waals surface area contributed by atoms with Gasteiger partial charge in [-0.15, -0.1) is 29.1 Å². The monoisotopic (exact) mass is 919 g/mol. The molecule has 5 aromatic rings. The Balaban J connectivity index is 0.000000338. The number of carbonyl (C=O) groups is 1. The molecule has 1 N–H and O–H groups in total. The second-order valence-corrected chi connectivity index (χ2v) is 16.2. The van der Waals surface area contributed by atoms with Crippen molar-refractivity contribution in [3.8, 4) is 22.6 Å². The largest absolute Gasteiger partial charge is 0.511 e. The number of allylic oxidation sites excluding steroid dienone is 2. The van der Waals surface area contributed by atoms with Gasteiger partial charge < -0.3 is 9.52 Å². The van der Waals surface area contributed by atoms with Gasteiger partial charge in [0.05, 0.1) is 0 Å². The minimum absolute atomic E-state index is 0. The molecule has 0 saturated carbocycles. The van der Waals surface area contributed by atoms with Gasteiger partial charge in [-0.05, 0) is 66.7 Å². The minimum atomic E-state index is -4.80. The number of fused-ring (bicyclic) bond motifs is 2. The fraction of sp³-hybridized carbons (Fsp3) is 0.435. The number of carbonyl (C=O) groups excluding carboxylic acids is 1. The molecule has 2 heterocycles. The summed E-state index contributed by atoms with van der Waals surface area (Å²) >= 11 is 0. The third-order valence-corrected chi connectivity index (χ3v) is 9.74. The number of furan rings is 1. The fourth-order valence-electron chi connectivity index (χ4n) is 6.81. The number of aromatic nitrogens is 1. The Kier molecular flexibility index (Phi) is 15.1. The van der Waals surface area contributed by atoms with Crippen molar-refractivity contribution in [2.75, 3.05) is 0 Å². The average Bonchev–Trinajstić information content (AvgIpc) is 3.51. The van der Waals surface area contributed by atoms with Crippen LogP contribution < -0.4 is 0 Å². The van der Waals surface area contributed by atoms with Gasteiger partial charge in [0.25, 0.3) is 0 Å². The maximum Gasteiger partial charge on any atom is 0.423 e. The molecule has 0 amide bonds. The smallest absolute Gasteiger partial charge is 0.423 e. The van der Waals surface area contributed by atoms with Gasteiger partial charge in [-0.1, -0.05) is 117 Å². The van der Waals surface area contributed by atoms with E-state index in [9.17, 15) is 23.1 Å². The van der Waals surface area contributed by atoms with E-state index < -0.39 is 35.1 Å². The van der Waals surface area contributed by atoms with E-state index in [4.69, 9.17) is 9.40 Å². The van der Waals surface area contributed by atoms with Crippen molar-refractivity contribution in [3.63, 3.8) is 0 Å². The number of aliphatic hydroxyl groups excluding tert-OH is 1. The van der Waals surface area contributed by atoms with Crippen LogP contribution >= 0.6 is 0 Å². The maximum atomic E-state index is 13.0. The maximum absolute atomic E-state index is 13.0. The molecular weight excluding hydrogens is 864 g/mol. The average molecular weight is 919 g/mol. The zero-order chi connectivity index (χ0) is 39.3. The number of halogens is 3. The fourth-order valence-corrected chi connectivity index (χ4v) is 6.81. The quantitative estimate of drug-likeness (QED) is 0.0861. The number of nitrogens with zero attached hydrogens (tertiary/aromatic N) is 1. The molecule has 0 atom stereocenters. The van der Waals surface area contributed by atoms with E-state index in [1.54, 1.807) is 27.7 Å². The van der Waals surface area contributed by atoms with Gasteiger partial charge in [0.15, 0.2) is 5.78 Å². The molecule has 293 valence electrons. The zero-order valence-electron chi connectivity index (χ0n) is 33.3. The van der Waals surface area contributed by atoms with Crippen molar-refractivity contribution < 1.29 is 47.6 Å². The first-order valence-electron chi connectivity index (χ1n) is 18.8. The van der Waals surface area contributed by atoms with Crippen LogP contribution in [0.15, 0.2) is 88.7 Å². The Hall–Kier alpha value is -3.74. The SMILES string of the molecule is CC(C)(C)Cc1ccc2cc(-c3ccnc(-c4[c-]c5ccccc5c(C(C)(C)C)c4)c3)oc2c1.CCC(CC)C(=O)/C(=C(\O)C(CC)CC)C(F)(F)F.[Ir]. The molecule has 3 aromatic carbocycles. The number of aliphatic hydroxyl groups is 1. The van der Waals surface area contributed by atoms with Crippen LogP contribution in [0.3, 0.4) is 0 Å². The van der Waals surface area contributed by atoms with Gasteiger partial charge in [-0.25, -0.2) is 0 Å². The molecule has 0 bridgehead atoms. The van der Waals surface area contributed by atoms with Crippen LogP contribution in [0.5, 0.6) is 0 Å². The van der Waals surface area contributed by atoms with Crippen molar-refractivity contribution in [2.45, 2.75) is 113 Å². The predicted octanol–water partition coefficient (Wildman–Crippen LogP) is 13.8. The van der Waals surface area contributed by atoms with Crippen molar-refractivity contribution in [1.29, 1.82) is 0 Å². The van der Waals surface area contributed by atoms with Gasteiger partial charge in [0.2, 0.25) is 0 Å². The first-order chi connectivity index (χ1) is 24.8. The van der Waals surface area contributed by atoms with Crippen molar-refractivity contribution in [2.24, 2.45) is 17.3 Å². The van der Waals surface area contributed by atoms with Crippen molar-refractivity contribution in [1.82, 2.24) is 4.98 Å². The van der Waals surface area contributed by atoms with Gasteiger partial charge in [-0.3, -0.25) is 9.78 Å². The molecule has 0 saturated heterocycles. The Bertz CT molecular complexity index is 2060. The summed E-state index contributed by atoms with van der Waals surface area (Å²) in [6.07, 6.45) is -0.492. The minimum Gasteiger partial charge on any atom is -0.511 e. The topological polar surface area (TPSA) is 63.3 Å². The Morgan fingerprint density at radius 1 is 0.833 bits per heavy atom. The number of hydrogen-bond acceptors (Lipinski definition) is 4. The van der Waals surface area contributed by atoms with Crippen LogP contribution in [0.4, 0.5) is 13.2 Å². The molecule has 0 fully saturated rings. The van der Waals surface area contributed by atoms with Gasteiger partial charge in [0.1, 0.15) is 22.7 Å². The molecular formula is C46H55F3IrNO3-. The molecule has 5 rings (SSSR count). The summed E-state index contributed by atoms with van der Waals surface area (Å²) in [7, 11) is 0. The normalized spacial score (nSPS) is 12.8. The number of benzene rings is 3. The number of rotatable bonds is 10. The number of alkyl halides is 3. The third kappa shape index (κ3) is 10.9. The molecule has 54 heavy (non-hydrogen) atoms. The zero-order valence-corrected chi connectivity index (χ0v) is 35.7. The van der Waals surface area contributed by atoms with Gasteiger partial charge >= 0.3 is 6.18 Å². The summed E-state index contributed by atoms with van der Waals surface area (Å²) < 4.78 is 45.5. The number of ketones is 1. The standard InChI is InChI=1S/C32H32NO.C14H23F3O2.Ir/c1-31(2,3)20-21-11-12-23-19-30(34-29(23)15-21)24-13-14-33-28(18-24)25-16-22-9-7-8-10-26(22)27(17-25)32(4,5)6;1-5-9(6-2)12(18)11(14(15,16)17)13(19)10(7-3)8-4;/h7-15,17-19H,20H2,1-6H3;9-10,18H,5-8H2,1-4H3;/q-1;;/b;12-11+;. The van der Waals surface area contributed by atoms with E-state index in [-0.39, 0.29) is 30.9 Å². The van der Waals surface area contributed by atoms with Crippen LogP contribution in [0, 0.1) is 23.3 Å². The van der Waals surface area contributed by atoms with Gasteiger partial charge in [0, 0.05) is 54.8 Å². The molecule has 8 heteroatoms. The molecule has 0 unspecified atom stereocenters. The summed E-state index contributed by atoms with van der Waals surface area (Å²) in [6.45, 7) is 20.3. The second kappa shape index (κ2) is 18.3. The first kappa shape index (κ1) is 44.7. The van der Waals surface area contributed by atoms with Crippen LogP contribution in [-0.4, -0.2) is 22.1 Å². The summed E-state index contributed by atoms with van der Waals surface area (Å²) in [5.41, 5.74) is 5.39. The number of Topliss-reactive ketones (excluding diaryl/α,β-unsaturated/α-hetero) is 1. The van der Waals surface area contributed by atoms with E-state index in [1.165, 1.54) is 16.5 Å². The molecule has 2 aromatic heterocycles. The van der Waals surface area contributed by atoms with Crippen LogP contribution in [0.2, 0.25) is 0 Å². The van der Waals surface area contributed by atoms with Crippen LogP contribution in [0.1, 0.15) is 106 Å². The Morgan fingerprint density at radius 2 is 1.46 bits per heavy atom. The summed E-state index contributed by atoms with van der Waals surface area (Å²) in [5, 5.41) is 13.3. The van der Waals surface area contributed by atoms with E-state index in [0.29, 0.717) is 25.7 Å². The molecule has 0 aliphatic rings. The van der Waals surface area contributed by atoms with E-state index in [1.807, 2.05) is 12.3 Å². The molecule has 0 spiro atoms.